The van der Waals surface area contributed by atoms with Gasteiger partial charge in [-0.05, 0) is 30.6 Å². The maximum Gasteiger partial charge on any atom is -0.0103 e. The van der Waals surface area contributed by atoms with Crippen LogP contribution in [0.5, 0.6) is 0 Å². The zero-order chi connectivity index (χ0) is 14.4. The van der Waals surface area contributed by atoms with Crippen molar-refractivity contribution in [2.24, 2.45) is 0 Å². The second-order valence-electron chi connectivity index (χ2n) is 6.10. The Kier molecular flexibility index (Phi) is 14.1. The first-order valence-corrected chi connectivity index (χ1v) is 11.8. The first kappa shape index (κ1) is 19.6. The minimum atomic E-state index is -0.795. The van der Waals surface area contributed by atoms with Gasteiger partial charge in [-0.25, -0.2) is 0 Å². The van der Waals surface area contributed by atoms with Crippen molar-refractivity contribution in [1.82, 2.24) is 0 Å². The molecule has 118 valence electrons. The molecule has 0 bridgehead atoms. The van der Waals surface area contributed by atoms with Crippen LogP contribution in [0.4, 0.5) is 0 Å². The van der Waals surface area contributed by atoms with E-state index in [0.29, 0.717) is 0 Å². The standard InChI is InChI=1S/C17H37ClS/c1-4-6-8-10-12-14-16-19(3,18)17-15-13-11-9-7-5-2/h4-17H2,1-3H3. The molecule has 0 rings (SSSR count). The first-order valence-electron chi connectivity index (χ1n) is 8.55. The highest BCUT2D eigenvalue weighted by atomic mass is 35.7. The fourth-order valence-corrected chi connectivity index (χ4v) is 4.94. The molecule has 0 aromatic rings. The third-order valence-corrected chi connectivity index (χ3v) is 7.05. The summed E-state index contributed by atoms with van der Waals surface area (Å²) >= 11 is 0. The molecular formula is C17H37ClS. The van der Waals surface area contributed by atoms with E-state index in [9.17, 15) is 0 Å². The molecule has 0 aliphatic heterocycles. The molecule has 0 fully saturated rings. The first-order chi connectivity index (χ1) is 9.12. The zero-order valence-corrected chi connectivity index (χ0v) is 15.3. The normalized spacial score (nSPS) is 12.8. The topological polar surface area (TPSA) is 0 Å². The number of halogens is 1. The lowest BCUT2D eigenvalue weighted by atomic mass is 10.1. The van der Waals surface area contributed by atoms with Gasteiger partial charge in [0.1, 0.15) is 0 Å². The molecule has 0 nitrogen and oxygen atoms in total. The fraction of sp³-hybridized carbons (Fsp3) is 1.00. The molecular weight excluding hydrogens is 272 g/mol. The Morgan fingerprint density at radius 3 is 1.26 bits per heavy atom. The van der Waals surface area contributed by atoms with Gasteiger partial charge in [0.2, 0.25) is 0 Å². The van der Waals surface area contributed by atoms with Gasteiger partial charge >= 0.3 is 0 Å². The summed E-state index contributed by atoms with van der Waals surface area (Å²) in [5, 5.41) is 0. The van der Waals surface area contributed by atoms with Gasteiger partial charge in [0.05, 0.1) is 0 Å². The van der Waals surface area contributed by atoms with Gasteiger partial charge in [-0.3, -0.25) is 0 Å². The molecule has 0 saturated carbocycles. The lowest BCUT2D eigenvalue weighted by molar-refractivity contribution is 0.623. The van der Waals surface area contributed by atoms with Crippen LogP contribution < -0.4 is 0 Å². The quantitative estimate of drug-likeness (QED) is 0.295. The fourth-order valence-electron chi connectivity index (χ4n) is 2.47. The molecule has 0 saturated heterocycles. The van der Waals surface area contributed by atoms with Crippen molar-refractivity contribution in [1.29, 1.82) is 0 Å². The second-order valence-corrected chi connectivity index (χ2v) is 11.5. The van der Waals surface area contributed by atoms with Crippen molar-refractivity contribution in [3.05, 3.63) is 0 Å². The summed E-state index contributed by atoms with van der Waals surface area (Å²) in [4.78, 5) is 0. The maximum atomic E-state index is 6.70. The van der Waals surface area contributed by atoms with Crippen LogP contribution in [0.15, 0.2) is 0 Å². The van der Waals surface area contributed by atoms with Crippen LogP contribution in [0.1, 0.15) is 90.9 Å². The molecule has 0 N–H and O–H groups in total. The highest BCUT2D eigenvalue weighted by Gasteiger charge is 2.13. The van der Waals surface area contributed by atoms with Gasteiger partial charge in [0.25, 0.3) is 0 Å². The summed E-state index contributed by atoms with van der Waals surface area (Å²) in [6.45, 7) is 4.56. The van der Waals surface area contributed by atoms with Crippen LogP contribution in [0, 0.1) is 0 Å². The summed E-state index contributed by atoms with van der Waals surface area (Å²) in [5.41, 5.74) is 0. The number of unbranched alkanes of at least 4 members (excludes halogenated alkanes) is 10. The number of hydrogen-bond acceptors (Lipinski definition) is 0. The van der Waals surface area contributed by atoms with Crippen molar-refractivity contribution in [3.8, 4) is 0 Å². The van der Waals surface area contributed by atoms with Crippen LogP contribution >= 0.6 is 19.9 Å². The van der Waals surface area contributed by atoms with Crippen LogP contribution in [0.3, 0.4) is 0 Å². The van der Waals surface area contributed by atoms with E-state index < -0.39 is 9.24 Å². The maximum absolute atomic E-state index is 6.70. The van der Waals surface area contributed by atoms with Crippen LogP contribution in [-0.2, 0) is 0 Å². The summed E-state index contributed by atoms with van der Waals surface area (Å²) in [7, 11) is 5.90. The minimum absolute atomic E-state index is 0.795. The Hall–Kier alpha value is 0.640. The highest BCUT2D eigenvalue weighted by molar-refractivity contribution is 8.50. The van der Waals surface area contributed by atoms with Gasteiger partial charge in [0, 0.05) is 0 Å². The van der Waals surface area contributed by atoms with E-state index in [4.69, 9.17) is 10.7 Å². The lowest BCUT2D eigenvalue weighted by Gasteiger charge is -2.28. The van der Waals surface area contributed by atoms with Crippen molar-refractivity contribution >= 4 is 19.9 Å². The molecule has 2 heteroatoms. The average Bonchev–Trinajstić information content (AvgIpc) is 2.38. The van der Waals surface area contributed by atoms with Crippen LogP contribution in [-0.4, -0.2) is 17.8 Å². The number of hydrogen-bond donors (Lipinski definition) is 0. The van der Waals surface area contributed by atoms with E-state index in [-0.39, 0.29) is 0 Å². The van der Waals surface area contributed by atoms with Crippen LogP contribution in [0.25, 0.3) is 0 Å². The monoisotopic (exact) mass is 308 g/mol. The average molecular weight is 309 g/mol. The van der Waals surface area contributed by atoms with Gasteiger partial charge in [-0.1, -0.05) is 88.7 Å². The minimum Gasteiger partial charge on any atom is -0.166 e. The Balaban J connectivity index is 3.36. The summed E-state index contributed by atoms with van der Waals surface area (Å²) in [5.74, 6) is 2.57. The Labute approximate surface area is 128 Å². The molecule has 0 heterocycles. The number of rotatable bonds is 14. The molecule has 0 aliphatic carbocycles. The Morgan fingerprint density at radius 1 is 0.579 bits per heavy atom. The van der Waals surface area contributed by atoms with E-state index in [1.165, 1.54) is 88.6 Å². The smallest absolute Gasteiger partial charge is 0.0103 e. The Morgan fingerprint density at radius 2 is 0.895 bits per heavy atom. The third-order valence-electron chi connectivity index (χ3n) is 3.85. The molecule has 0 unspecified atom stereocenters. The molecule has 0 amide bonds. The predicted molar refractivity (Wildman–Crippen MR) is 95.9 cm³/mol. The van der Waals surface area contributed by atoms with Crippen molar-refractivity contribution in [3.63, 3.8) is 0 Å². The second kappa shape index (κ2) is 13.6. The predicted octanol–water partition coefficient (Wildman–Crippen LogP) is 7.30. The van der Waals surface area contributed by atoms with Gasteiger partial charge in [0.15, 0.2) is 0 Å². The van der Waals surface area contributed by atoms with E-state index in [2.05, 4.69) is 20.1 Å². The molecule has 0 spiro atoms. The van der Waals surface area contributed by atoms with Crippen molar-refractivity contribution < 1.29 is 0 Å². The summed E-state index contributed by atoms with van der Waals surface area (Å²) in [6.07, 6.45) is 19.0. The van der Waals surface area contributed by atoms with E-state index in [1.807, 2.05) is 0 Å². The van der Waals surface area contributed by atoms with E-state index in [1.54, 1.807) is 0 Å². The summed E-state index contributed by atoms with van der Waals surface area (Å²) in [6, 6.07) is 0. The zero-order valence-electron chi connectivity index (χ0n) is 13.7. The third kappa shape index (κ3) is 14.9. The molecule has 0 aromatic heterocycles. The largest absolute Gasteiger partial charge is 0.166 e. The van der Waals surface area contributed by atoms with Crippen molar-refractivity contribution in [2.75, 3.05) is 17.8 Å². The van der Waals surface area contributed by atoms with Gasteiger partial charge in [-0.15, -0.1) is 0 Å². The lowest BCUT2D eigenvalue weighted by Crippen LogP contribution is -2.02. The van der Waals surface area contributed by atoms with Gasteiger partial charge in [-0.2, -0.15) is 9.24 Å². The molecule has 0 aromatic carbocycles. The van der Waals surface area contributed by atoms with Crippen LogP contribution in [0.2, 0.25) is 0 Å². The van der Waals surface area contributed by atoms with Crippen molar-refractivity contribution in [2.45, 2.75) is 90.9 Å². The molecule has 0 radical (unpaired) electrons. The molecule has 19 heavy (non-hydrogen) atoms. The van der Waals surface area contributed by atoms with Gasteiger partial charge < -0.3 is 0 Å². The Bertz CT molecular complexity index is 162. The summed E-state index contributed by atoms with van der Waals surface area (Å²) < 4.78 is 0. The SMILES string of the molecule is CCCCCCCCS(C)(Cl)CCCCCCCC. The van der Waals surface area contributed by atoms with E-state index in [0.717, 1.165) is 0 Å². The molecule has 0 aliphatic rings. The molecule has 0 atom stereocenters. The highest BCUT2D eigenvalue weighted by Crippen LogP contribution is 2.51. The van der Waals surface area contributed by atoms with E-state index >= 15 is 0 Å².